The second-order valence-electron chi connectivity index (χ2n) is 4.47. The van der Waals surface area contributed by atoms with Crippen molar-refractivity contribution in [2.45, 2.75) is 18.9 Å². The van der Waals surface area contributed by atoms with Gasteiger partial charge in [0.15, 0.2) is 0 Å². The van der Waals surface area contributed by atoms with Gasteiger partial charge in [-0.2, -0.15) is 0 Å². The van der Waals surface area contributed by atoms with Crippen molar-refractivity contribution in [2.24, 2.45) is 0 Å². The molecule has 4 N–H and O–H groups in total. The minimum Gasteiger partial charge on any atom is -0.480 e. The first kappa shape index (κ1) is 16.5. The van der Waals surface area contributed by atoms with Crippen LogP contribution in [0.15, 0.2) is 12.5 Å². The predicted molar refractivity (Wildman–Crippen MR) is 73.6 cm³/mol. The maximum absolute atomic E-state index is 11.9. The lowest BCUT2D eigenvalue weighted by molar-refractivity contribution is -0.139. The van der Waals surface area contributed by atoms with Gasteiger partial charge in [-0.3, -0.25) is 4.79 Å². The molecule has 0 unspecified atom stereocenters. The molecule has 0 radical (unpaired) electrons. The van der Waals surface area contributed by atoms with Gasteiger partial charge in [-0.25, -0.2) is 14.6 Å². The number of hydrogen-bond donors (Lipinski definition) is 4. The van der Waals surface area contributed by atoms with E-state index in [0.717, 1.165) is 0 Å². The van der Waals surface area contributed by atoms with E-state index in [1.54, 1.807) is 0 Å². The standard InChI is InChI=1S/C12H19N5O4/c1-13-10(18)3-4-17(2)12(21)16-9(11(19)20)5-8-6-14-7-15-8/h6-7,9H,3-5H2,1-2H3,(H,13,18)(H,14,15)(H,16,21)(H,19,20)/t9-/m1/s1. The number of rotatable bonds is 7. The first-order chi connectivity index (χ1) is 9.93. The van der Waals surface area contributed by atoms with Crippen LogP contribution in [0, 0.1) is 0 Å². The van der Waals surface area contributed by atoms with Crippen LogP contribution in [0.25, 0.3) is 0 Å². The largest absolute Gasteiger partial charge is 0.480 e. The molecule has 0 spiro atoms. The Balaban J connectivity index is 2.52. The highest BCUT2D eigenvalue weighted by atomic mass is 16.4. The molecular weight excluding hydrogens is 278 g/mol. The van der Waals surface area contributed by atoms with Gasteiger partial charge in [-0.1, -0.05) is 0 Å². The Morgan fingerprint density at radius 2 is 2.19 bits per heavy atom. The van der Waals surface area contributed by atoms with E-state index in [0.29, 0.717) is 5.69 Å². The predicted octanol–water partition coefficient (Wildman–Crippen LogP) is -0.817. The molecule has 1 rings (SSSR count). The van der Waals surface area contributed by atoms with Gasteiger partial charge < -0.3 is 25.6 Å². The maximum Gasteiger partial charge on any atom is 0.326 e. The number of urea groups is 1. The fourth-order valence-electron chi connectivity index (χ4n) is 1.57. The maximum atomic E-state index is 11.9. The summed E-state index contributed by atoms with van der Waals surface area (Å²) in [5.41, 5.74) is 0.607. The van der Waals surface area contributed by atoms with E-state index < -0.39 is 18.0 Å². The molecular formula is C12H19N5O4. The fraction of sp³-hybridized carbons (Fsp3) is 0.500. The third kappa shape index (κ3) is 5.51. The molecule has 0 aliphatic heterocycles. The summed E-state index contributed by atoms with van der Waals surface area (Å²) in [5, 5.41) is 14.0. The Hall–Kier alpha value is -2.58. The molecule has 0 fully saturated rings. The molecule has 9 nitrogen and oxygen atoms in total. The van der Waals surface area contributed by atoms with Crippen LogP contribution < -0.4 is 10.6 Å². The molecule has 0 saturated heterocycles. The quantitative estimate of drug-likeness (QED) is 0.523. The number of imidazole rings is 1. The zero-order chi connectivity index (χ0) is 15.8. The fourth-order valence-corrected chi connectivity index (χ4v) is 1.57. The number of amides is 3. The summed E-state index contributed by atoms with van der Waals surface area (Å²) >= 11 is 0. The second kappa shape index (κ2) is 7.88. The number of aromatic nitrogens is 2. The molecule has 9 heteroatoms. The third-order valence-electron chi connectivity index (χ3n) is 2.87. The molecule has 1 heterocycles. The molecule has 1 aromatic heterocycles. The van der Waals surface area contributed by atoms with E-state index in [1.165, 1.54) is 31.5 Å². The van der Waals surface area contributed by atoms with Gasteiger partial charge >= 0.3 is 12.0 Å². The number of aromatic amines is 1. The van der Waals surface area contributed by atoms with Crippen molar-refractivity contribution < 1.29 is 19.5 Å². The Morgan fingerprint density at radius 3 is 2.71 bits per heavy atom. The SMILES string of the molecule is CNC(=O)CCN(C)C(=O)N[C@H](Cc1cnc[nH]1)C(=O)O. The van der Waals surface area contributed by atoms with E-state index in [2.05, 4.69) is 20.6 Å². The Bertz CT molecular complexity index is 488. The summed E-state index contributed by atoms with van der Waals surface area (Å²) in [6.45, 7) is 0.196. The van der Waals surface area contributed by atoms with Crippen LogP contribution >= 0.6 is 0 Å². The zero-order valence-electron chi connectivity index (χ0n) is 11.9. The van der Waals surface area contributed by atoms with Gasteiger partial charge in [0.05, 0.1) is 6.33 Å². The van der Waals surface area contributed by atoms with E-state index in [4.69, 9.17) is 5.11 Å². The molecule has 1 atom stereocenters. The lowest BCUT2D eigenvalue weighted by Gasteiger charge is -2.20. The summed E-state index contributed by atoms with van der Waals surface area (Å²) in [5.74, 6) is -1.33. The Kier molecular flexibility index (Phi) is 6.18. The van der Waals surface area contributed by atoms with E-state index in [9.17, 15) is 14.4 Å². The number of H-pyrrole nitrogens is 1. The highest BCUT2D eigenvalue weighted by Crippen LogP contribution is 2.00. The van der Waals surface area contributed by atoms with Crippen LogP contribution in [-0.4, -0.2) is 64.6 Å². The number of hydrogen-bond acceptors (Lipinski definition) is 4. The smallest absolute Gasteiger partial charge is 0.326 e. The van der Waals surface area contributed by atoms with Crippen LogP contribution in [0.1, 0.15) is 12.1 Å². The molecule has 0 aliphatic rings. The van der Waals surface area contributed by atoms with Gasteiger partial charge in [-0.05, 0) is 0 Å². The number of nitrogens with zero attached hydrogens (tertiary/aromatic N) is 2. The topological polar surface area (TPSA) is 127 Å². The number of nitrogens with one attached hydrogen (secondary N) is 3. The van der Waals surface area contributed by atoms with Crippen molar-refractivity contribution in [3.05, 3.63) is 18.2 Å². The summed E-state index contributed by atoms with van der Waals surface area (Å²) in [4.78, 5) is 42.0. The first-order valence-corrected chi connectivity index (χ1v) is 6.36. The molecule has 0 aliphatic carbocycles. The van der Waals surface area contributed by atoms with Crippen molar-refractivity contribution in [1.82, 2.24) is 25.5 Å². The monoisotopic (exact) mass is 297 g/mol. The van der Waals surface area contributed by atoms with Crippen LogP contribution in [-0.2, 0) is 16.0 Å². The molecule has 21 heavy (non-hydrogen) atoms. The van der Waals surface area contributed by atoms with Crippen molar-refractivity contribution in [2.75, 3.05) is 20.6 Å². The number of carbonyl (C=O) groups excluding carboxylic acids is 2. The van der Waals surface area contributed by atoms with Gasteiger partial charge in [0.25, 0.3) is 0 Å². The lowest BCUT2D eigenvalue weighted by atomic mass is 10.1. The minimum atomic E-state index is -1.14. The Labute approximate surface area is 121 Å². The van der Waals surface area contributed by atoms with Crippen LogP contribution in [0.4, 0.5) is 4.79 Å². The van der Waals surface area contributed by atoms with Gasteiger partial charge in [0.1, 0.15) is 6.04 Å². The highest BCUT2D eigenvalue weighted by Gasteiger charge is 2.22. The number of carbonyl (C=O) groups is 3. The van der Waals surface area contributed by atoms with Crippen LogP contribution in [0.2, 0.25) is 0 Å². The Morgan fingerprint density at radius 1 is 1.48 bits per heavy atom. The average molecular weight is 297 g/mol. The third-order valence-corrected chi connectivity index (χ3v) is 2.87. The summed E-state index contributed by atoms with van der Waals surface area (Å²) in [6, 6.07) is -1.62. The van der Waals surface area contributed by atoms with Gasteiger partial charge in [0.2, 0.25) is 5.91 Å². The van der Waals surface area contributed by atoms with Crippen molar-refractivity contribution in [1.29, 1.82) is 0 Å². The number of carboxylic acids is 1. The zero-order valence-corrected chi connectivity index (χ0v) is 11.9. The summed E-state index contributed by atoms with van der Waals surface area (Å²) < 4.78 is 0. The number of aliphatic carboxylic acids is 1. The van der Waals surface area contributed by atoms with E-state index in [1.807, 2.05) is 0 Å². The summed E-state index contributed by atoms with van der Waals surface area (Å²) in [7, 11) is 3.00. The number of carboxylic acid groups (broad SMARTS) is 1. The van der Waals surface area contributed by atoms with E-state index >= 15 is 0 Å². The average Bonchev–Trinajstić information content (AvgIpc) is 2.96. The molecule has 0 saturated carbocycles. The normalized spacial score (nSPS) is 11.5. The highest BCUT2D eigenvalue weighted by molar-refractivity contribution is 5.83. The van der Waals surface area contributed by atoms with Crippen molar-refractivity contribution >= 4 is 17.9 Å². The lowest BCUT2D eigenvalue weighted by Crippen LogP contribution is -2.48. The van der Waals surface area contributed by atoms with Gasteiger partial charge in [0, 0.05) is 45.4 Å². The van der Waals surface area contributed by atoms with E-state index in [-0.39, 0.29) is 25.3 Å². The second-order valence-corrected chi connectivity index (χ2v) is 4.47. The van der Waals surface area contributed by atoms with Crippen molar-refractivity contribution in [3.8, 4) is 0 Å². The molecule has 0 bridgehead atoms. The van der Waals surface area contributed by atoms with Crippen molar-refractivity contribution in [3.63, 3.8) is 0 Å². The van der Waals surface area contributed by atoms with Crippen LogP contribution in [0.3, 0.4) is 0 Å². The summed E-state index contributed by atoms with van der Waals surface area (Å²) in [6.07, 6.45) is 3.19. The first-order valence-electron chi connectivity index (χ1n) is 6.36. The van der Waals surface area contributed by atoms with Crippen LogP contribution in [0.5, 0.6) is 0 Å². The minimum absolute atomic E-state index is 0.102. The molecule has 116 valence electrons. The molecule has 3 amide bonds. The molecule has 1 aromatic rings. The molecule has 0 aromatic carbocycles. The van der Waals surface area contributed by atoms with Gasteiger partial charge in [-0.15, -0.1) is 0 Å².